The van der Waals surface area contributed by atoms with E-state index in [1.807, 2.05) is 13.8 Å². The van der Waals surface area contributed by atoms with Gasteiger partial charge in [-0.25, -0.2) is 0 Å². The molecule has 3 rings (SSSR count). The van der Waals surface area contributed by atoms with Crippen molar-refractivity contribution < 1.29 is 9.53 Å². The zero-order valence-electron chi connectivity index (χ0n) is 16.7. The predicted molar refractivity (Wildman–Crippen MR) is 97.6 cm³/mol. The molecule has 3 aliphatic rings. The molecule has 0 aromatic carbocycles. The third kappa shape index (κ3) is 2.81. The second kappa shape index (κ2) is 5.72. The number of ether oxygens (including phenoxy) is 1. The van der Waals surface area contributed by atoms with Gasteiger partial charge in [0.2, 0.25) is 5.91 Å². The van der Waals surface area contributed by atoms with Crippen LogP contribution in [0.3, 0.4) is 0 Å². The lowest BCUT2D eigenvalue weighted by molar-refractivity contribution is -0.142. The molecule has 3 fully saturated rings. The quantitative estimate of drug-likeness (QED) is 0.830. The first-order valence-corrected chi connectivity index (χ1v) is 9.89. The number of carbonyl (C=O) groups excluding carboxylic acids is 1. The fourth-order valence-corrected chi connectivity index (χ4v) is 6.02. The highest BCUT2D eigenvalue weighted by Crippen LogP contribution is 2.69. The van der Waals surface area contributed by atoms with Crippen molar-refractivity contribution in [3.05, 3.63) is 0 Å². The van der Waals surface area contributed by atoms with Gasteiger partial charge in [0, 0.05) is 18.6 Å². The smallest absolute Gasteiger partial charge is 0.222 e. The molecular weight excluding hydrogens is 298 g/mol. The van der Waals surface area contributed by atoms with Gasteiger partial charge in [-0.1, -0.05) is 48.5 Å². The number of amides is 1. The molecule has 0 aromatic rings. The summed E-state index contributed by atoms with van der Waals surface area (Å²) >= 11 is 0. The highest BCUT2D eigenvalue weighted by Gasteiger charge is 2.68. The molecule has 3 nitrogen and oxygen atoms in total. The molecule has 3 heteroatoms. The van der Waals surface area contributed by atoms with Crippen molar-refractivity contribution in [2.45, 2.75) is 86.3 Å². The molecule has 24 heavy (non-hydrogen) atoms. The summed E-state index contributed by atoms with van der Waals surface area (Å²) in [5, 5.41) is 3.48. The lowest BCUT2D eigenvalue weighted by atomic mass is 9.58. The van der Waals surface area contributed by atoms with Crippen molar-refractivity contribution in [1.82, 2.24) is 5.32 Å². The fraction of sp³-hybridized carbons (Fsp3) is 0.952. The first-order chi connectivity index (χ1) is 11.0. The Balaban J connectivity index is 1.88. The van der Waals surface area contributed by atoms with Crippen LogP contribution in [0.1, 0.15) is 74.1 Å². The van der Waals surface area contributed by atoms with Crippen molar-refractivity contribution in [3.63, 3.8) is 0 Å². The van der Waals surface area contributed by atoms with E-state index < -0.39 is 0 Å². The Morgan fingerprint density at radius 3 is 2.54 bits per heavy atom. The van der Waals surface area contributed by atoms with Crippen LogP contribution in [0.25, 0.3) is 0 Å². The monoisotopic (exact) mass is 335 g/mol. The molecule has 0 aromatic heterocycles. The van der Waals surface area contributed by atoms with Crippen LogP contribution in [0, 0.1) is 34.0 Å². The summed E-state index contributed by atoms with van der Waals surface area (Å²) < 4.78 is 6.27. The highest BCUT2D eigenvalue weighted by atomic mass is 16.5. The Kier molecular flexibility index (Phi) is 4.35. The second-order valence-corrected chi connectivity index (χ2v) is 10.8. The third-order valence-corrected chi connectivity index (χ3v) is 7.25. The number of hydrogen-bond acceptors (Lipinski definition) is 2. The lowest BCUT2D eigenvalue weighted by Crippen LogP contribution is -2.61. The maximum atomic E-state index is 12.5. The van der Waals surface area contributed by atoms with Crippen LogP contribution in [0.15, 0.2) is 0 Å². The lowest BCUT2D eigenvalue weighted by Gasteiger charge is -2.54. The molecule has 1 aliphatic heterocycles. The van der Waals surface area contributed by atoms with E-state index in [4.69, 9.17) is 4.74 Å². The van der Waals surface area contributed by atoms with Gasteiger partial charge in [0.15, 0.2) is 0 Å². The Bertz CT molecular complexity index is 504. The zero-order valence-corrected chi connectivity index (χ0v) is 16.7. The average Bonchev–Trinajstić information content (AvgIpc) is 2.91. The molecule has 1 N–H and O–H groups in total. The molecule has 2 saturated carbocycles. The normalized spacial score (nSPS) is 40.7. The van der Waals surface area contributed by atoms with Crippen LogP contribution < -0.4 is 5.32 Å². The minimum Gasteiger partial charge on any atom is -0.378 e. The van der Waals surface area contributed by atoms with Gasteiger partial charge >= 0.3 is 0 Å². The molecule has 1 saturated heterocycles. The molecule has 1 spiro atoms. The maximum Gasteiger partial charge on any atom is 0.222 e. The topological polar surface area (TPSA) is 38.3 Å². The third-order valence-electron chi connectivity index (χ3n) is 7.25. The Labute approximate surface area is 148 Å². The van der Waals surface area contributed by atoms with Crippen molar-refractivity contribution in [2.75, 3.05) is 6.61 Å². The van der Waals surface area contributed by atoms with Crippen molar-refractivity contribution >= 4 is 5.91 Å². The van der Waals surface area contributed by atoms with Crippen LogP contribution in [0.4, 0.5) is 0 Å². The van der Waals surface area contributed by atoms with Gasteiger partial charge in [-0.2, -0.15) is 0 Å². The number of hydrogen-bond donors (Lipinski definition) is 1. The summed E-state index contributed by atoms with van der Waals surface area (Å²) in [5.41, 5.74) is 0.745. The molecule has 138 valence electrons. The second-order valence-electron chi connectivity index (χ2n) is 10.8. The van der Waals surface area contributed by atoms with E-state index in [1.165, 1.54) is 12.8 Å². The summed E-state index contributed by atoms with van der Waals surface area (Å²) in [7, 11) is 0. The average molecular weight is 336 g/mol. The van der Waals surface area contributed by atoms with Gasteiger partial charge in [-0.05, 0) is 53.8 Å². The Morgan fingerprint density at radius 2 is 1.96 bits per heavy atom. The fourth-order valence-electron chi connectivity index (χ4n) is 6.02. The standard InChI is InChI=1S/C21H37NO2/c1-13(2)17(23)22-18-20(6,7)14-10-15-16(12-19(3,4)5)24-9-8-21(15,18)11-14/h13-16,18H,8-12H2,1-7H3,(H,22,23)/t14-,15-,16-,18-,21-/m1/s1. The summed E-state index contributed by atoms with van der Waals surface area (Å²) in [6.07, 6.45) is 5.15. The summed E-state index contributed by atoms with van der Waals surface area (Å²) in [6, 6.07) is 0.301. The van der Waals surface area contributed by atoms with Crippen molar-refractivity contribution in [3.8, 4) is 0 Å². The van der Waals surface area contributed by atoms with Gasteiger partial charge in [0.05, 0.1) is 6.10 Å². The molecule has 1 amide bonds. The molecule has 2 bridgehead atoms. The van der Waals surface area contributed by atoms with E-state index in [1.54, 1.807) is 0 Å². The van der Waals surface area contributed by atoms with Crippen LogP contribution in [-0.2, 0) is 9.53 Å². The van der Waals surface area contributed by atoms with Crippen LogP contribution in [0.2, 0.25) is 0 Å². The Morgan fingerprint density at radius 1 is 1.29 bits per heavy atom. The van der Waals surface area contributed by atoms with Gasteiger partial charge in [-0.15, -0.1) is 0 Å². The highest BCUT2D eigenvalue weighted by molar-refractivity contribution is 5.78. The SMILES string of the molecule is CC(C)C(=O)N[C@@H]1C(C)(C)[C@@H]2C[C@@H]3[C@@H](CC(C)(C)C)OCC[C@@]31C2. The first-order valence-electron chi connectivity index (χ1n) is 9.89. The van der Waals surface area contributed by atoms with E-state index in [2.05, 4.69) is 39.9 Å². The van der Waals surface area contributed by atoms with Crippen LogP contribution in [-0.4, -0.2) is 24.7 Å². The summed E-state index contributed by atoms with van der Waals surface area (Å²) in [6.45, 7) is 16.5. The summed E-state index contributed by atoms with van der Waals surface area (Å²) in [5.74, 6) is 1.60. The molecule has 2 aliphatic carbocycles. The molecule has 0 radical (unpaired) electrons. The van der Waals surface area contributed by atoms with Crippen LogP contribution >= 0.6 is 0 Å². The van der Waals surface area contributed by atoms with E-state index >= 15 is 0 Å². The van der Waals surface area contributed by atoms with Gasteiger partial charge in [0.25, 0.3) is 0 Å². The zero-order chi connectivity index (χ0) is 17.9. The van der Waals surface area contributed by atoms with Gasteiger partial charge < -0.3 is 10.1 Å². The van der Waals surface area contributed by atoms with Gasteiger partial charge in [0.1, 0.15) is 0 Å². The minimum absolute atomic E-state index is 0.0555. The number of rotatable bonds is 3. The van der Waals surface area contributed by atoms with E-state index in [-0.39, 0.29) is 28.1 Å². The molecule has 1 heterocycles. The van der Waals surface area contributed by atoms with Crippen molar-refractivity contribution in [1.29, 1.82) is 0 Å². The number of nitrogens with one attached hydrogen (secondary N) is 1. The Hall–Kier alpha value is -0.570. The maximum absolute atomic E-state index is 12.5. The number of fused-ring (bicyclic) bond motifs is 1. The minimum atomic E-state index is 0.0555. The van der Waals surface area contributed by atoms with Gasteiger partial charge in [-0.3, -0.25) is 4.79 Å². The van der Waals surface area contributed by atoms with Crippen molar-refractivity contribution in [2.24, 2.45) is 34.0 Å². The van der Waals surface area contributed by atoms with E-state index in [0.29, 0.717) is 24.0 Å². The van der Waals surface area contributed by atoms with E-state index in [0.717, 1.165) is 19.4 Å². The summed E-state index contributed by atoms with van der Waals surface area (Å²) in [4.78, 5) is 12.5. The molecule has 5 atom stereocenters. The van der Waals surface area contributed by atoms with Crippen LogP contribution in [0.5, 0.6) is 0 Å². The van der Waals surface area contributed by atoms with E-state index in [9.17, 15) is 4.79 Å². The predicted octanol–water partition coefficient (Wildman–Crippen LogP) is 4.40. The largest absolute Gasteiger partial charge is 0.378 e. The number of carbonyl (C=O) groups is 1. The molecule has 0 unspecified atom stereocenters. The first kappa shape index (κ1) is 18.2. The molecular formula is C21H37NO2.